The molecule has 1 aliphatic heterocycles. The Bertz CT molecular complexity index is 345. The summed E-state index contributed by atoms with van der Waals surface area (Å²) in [5.41, 5.74) is 0.404. The minimum atomic E-state index is -1.27. The maximum absolute atomic E-state index is 14.3. The smallest absolute Gasteiger partial charge is 0.151 e. The van der Waals surface area contributed by atoms with E-state index in [1.807, 2.05) is 19.1 Å². The van der Waals surface area contributed by atoms with Gasteiger partial charge in [0.2, 0.25) is 0 Å². The van der Waals surface area contributed by atoms with E-state index >= 15 is 0 Å². The molecule has 0 bridgehead atoms. The molecule has 0 spiro atoms. The van der Waals surface area contributed by atoms with Crippen LogP contribution in [0.4, 0.5) is 4.39 Å². The molecule has 0 amide bonds. The van der Waals surface area contributed by atoms with Gasteiger partial charge in [0.25, 0.3) is 0 Å². The Balaban J connectivity index is 2.44. The van der Waals surface area contributed by atoms with Gasteiger partial charge in [-0.3, -0.25) is 0 Å². The van der Waals surface area contributed by atoms with Gasteiger partial charge in [-0.05, 0) is 26.0 Å². The van der Waals surface area contributed by atoms with E-state index in [0.29, 0.717) is 23.6 Å². The van der Waals surface area contributed by atoms with Crippen LogP contribution in [-0.4, -0.2) is 13.1 Å². The van der Waals surface area contributed by atoms with Gasteiger partial charge >= 0.3 is 0 Å². The van der Waals surface area contributed by atoms with Crippen LogP contribution in [0.3, 0.4) is 0 Å². The minimum absolute atomic E-state index is 0.371. The van der Waals surface area contributed by atoms with E-state index in [4.69, 9.17) is 11.6 Å². The first-order valence-electron chi connectivity index (χ1n) is 4.78. The molecule has 1 aliphatic rings. The van der Waals surface area contributed by atoms with Gasteiger partial charge in [-0.15, -0.1) is 0 Å². The molecule has 0 saturated carbocycles. The zero-order chi connectivity index (χ0) is 10.2. The summed E-state index contributed by atoms with van der Waals surface area (Å²) in [5.74, 6) is 0. The molecule has 2 rings (SSSR count). The number of hydrogen-bond acceptors (Lipinski definition) is 1. The van der Waals surface area contributed by atoms with E-state index < -0.39 is 5.67 Å². The molecule has 14 heavy (non-hydrogen) atoms. The molecule has 3 heteroatoms. The normalized spacial score (nSPS) is 26.8. The molecule has 0 aliphatic carbocycles. The zero-order valence-corrected chi connectivity index (χ0v) is 8.87. The van der Waals surface area contributed by atoms with Crippen molar-refractivity contribution in [3.05, 3.63) is 34.3 Å². The number of benzene rings is 1. The standard InChI is InChI=1S/C11H13ClFN/c1-8-2-3-10(12)9(6-8)11(13)4-5-14-7-11/h2-3,6,14H,4-5,7H2,1H3. The molecule has 1 heterocycles. The number of hydrogen-bond donors (Lipinski definition) is 1. The van der Waals surface area contributed by atoms with Gasteiger partial charge in [-0.2, -0.15) is 0 Å². The second kappa shape index (κ2) is 3.52. The Labute approximate surface area is 88.3 Å². The maximum Gasteiger partial charge on any atom is 0.151 e. The molecule has 1 unspecified atom stereocenters. The van der Waals surface area contributed by atoms with Crippen LogP contribution in [0.2, 0.25) is 5.02 Å². The molecule has 1 aromatic carbocycles. The molecule has 76 valence electrons. The van der Waals surface area contributed by atoms with Crippen LogP contribution in [0.15, 0.2) is 18.2 Å². The van der Waals surface area contributed by atoms with Crippen LogP contribution in [0.1, 0.15) is 17.5 Å². The van der Waals surface area contributed by atoms with E-state index in [1.165, 1.54) is 0 Å². The molecule has 1 fully saturated rings. The van der Waals surface area contributed by atoms with Crippen LogP contribution in [0.25, 0.3) is 0 Å². The number of alkyl halides is 1. The Hall–Kier alpha value is -0.600. The van der Waals surface area contributed by atoms with Crippen LogP contribution in [-0.2, 0) is 5.67 Å². The van der Waals surface area contributed by atoms with Crippen molar-refractivity contribution in [3.8, 4) is 0 Å². The predicted molar refractivity (Wildman–Crippen MR) is 56.5 cm³/mol. The predicted octanol–water partition coefficient (Wildman–Crippen LogP) is 2.81. The summed E-state index contributed by atoms with van der Waals surface area (Å²) in [6, 6.07) is 5.51. The van der Waals surface area contributed by atoms with Crippen LogP contribution in [0.5, 0.6) is 0 Å². The number of aryl methyl sites for hydroxylation is 1. The number of rotatable bonds is 1. The van der Waals surface area contributed by atoms with E-state index in [-0.39, 0.29) is 0 Å². The quantitative estimate of drug-likeness (QED) is 0.757. The molecule has 1 nitrogen and oxygen atoms in total. The van der Waals surface area contributed by atoms with E-state index in [2.05, 4.69) is 5.32 Å². The van der Waals surface area contributed by atoms with E-state index in [9.17, 15) is 4.39 Å². The van der Waals surface area contributed by atoms with Crippen molar-refractivity contribution in [1.29, 1.82) is 0 Å². The minimum Gasteiger partial charge on any atom is -0.313 e. The van der Waals surface area contributed by atoms with Crippen molar-refractivity contribution >= 4 is 11.6 Å². The highest BCUT2D eigenvalue weighted by Gasteiger charge is 2.37. The molecule has 0 aromatic heterocycles. The van der Waals surface area contributed by atoms with Gasteiger partial charge in [0.15, 0.2) is 5.67 Å². The van der Waals surface area contributed by atoms with Crippen LogP contribution < -0.4 is 5.32 Å². The summed E-state index contributed by atoms with van der Waals surface area (Å²) in [6.07, 6.45) is 0.510. The summed E-state index contributed by atoms with van der Waals surface area (Å²) in [7, 11) is 0. The highest BCUT2D eigenvalue weighted by molar-refractivity contribution is 6.31. The molecule has 0 radical (unpaired) electrons. The highest BCUT2D eigenvalue weighted by Crippen LogP contribution is 2.36. The third kappa shape index (κ3) is 1.64. The Morgan fingerprint density at radius 2 is 2.29 bits per heavy atom. The van der Waals surface area contributed by atoms with Gasteiger partial charge in [-0.1, -0.05) is 29.3 Å². The molecular weight excluding hydrogens is 201 g/mol. The average molecular weight is 214 g/mol. The van der Waals surface area contributed by atoms with Crippen molar-refractivity contribution in [1.82, 2.24) is 5.32 Å². The van der Waals surface area contributed by atoms with Crippen LogP contribution in [0, 0.1) is 6.92 Å². The number of halogens is 2. The highest BCUT2D eigenvalue weighted by atomic mass is 35.5. The topological polar surface area (TPSA) is 12.0 Å². The van der Waals surface area contributed by atoms with Gasteiger partial charge < -0.3 is 5.32 Å². The third-order valence-electron chi connectivity index (χ3n) is 2.71. The number of nitrogens with one attached hydrogen (secondary N) is 1. The maximum atomic E-state index is 14.3. The monoisotopic (exact) mass is 213 g/mol. The summed E-state index contributed by atoms with van der Waals surface area (Å²) in [6.45, 7) is 3.04. The average Bonchev–Trinajstić information content (AvgIpc) is 2.58. The third-order valence-corrected chi connectivity index (χ3v) is 3.04. The molecule has 1 saturated heterocycles. The lowest BCUT2D eigenvalue weighted by molar-refractivity contribution is 0.193. The van der Waals surface area contributed by atoms with Crippen LogP contribution >= 0.6 is 11.6 Å². The summed E-state index contributed by atoms with van der Waals surface area (Å²) < 4.78 is 14.3. The van der Waals surface area contributed by atoms with Crippen molar-refractivity contribution in [2.45, 2.75) is 19.0 Å². The molecule has 1 atom stereocenters. The largest absolute Gasteiger partial charge is 0.313 e. The fourth-order valence-electron chi connectivity index (χ4n) is 1.87. The summed E-state index contributed by atoms with van der Waals surface area (Å²) >= 11 is 6.00. The second-order valence-corrected chi connectivity index (χ2v) is 4.28. The first-order chi connectivity index (χ1) is 6.62. The van der Waals surface area contributed by atoms with Gasteiger partial charge in [0.1, 0.15) is 0 Å². The van der Waals surface area contributed by atoms with Crippen molar-refractivity contribution in [3.63, 3.8) is 0 Å². The van der Waals surface area contributed by atoms with E-state index in [0.717, 1.165) is 12.1 Å². The molecule has 1 N–H and O–H groups in total. The Morgan fingerprint density at radius 1 is 1.50 bits per heavy atom. The second-order valence-electron chi connectivity index (χ2n) is 3.88. The SMILES string of the molecule is Cc1ccc(Cl)c(C2(F)CCNC2)c1. The van der Waals surface area contributed by atoms with Crippen molar-refractivity contribution < 1.29 is 4.39 Å². The van der Waals surface area contributed by atoms with Gasteiger partial charge in [0.05, 0.1) is 0 Å². The molecular formula is C11H13ClFN. The Morgan fingerprint density at radius 3 is 2.93 bits per heavy atom. The fourth-order valence-corrected chi connectivity index (χ4v) is 2.16. The Kier molecular flexibility index (Phi) is 2.50. The molecule has 1 aromatic rings. The van der Waals surface area contributed by atoms with E-state index in [1.54, 1.807) is 6.07 Å². The lowest BCUT2D eigenvalue weighted by Crippen LogP contribution is -2.23. The summed E-state index contributed by atoms with van der Waals surface area (Å²) in [4.78, 5) is 0. The lowest BCUT2D eigenvalue weighted by atomic mass is 9.93. The first-order valence-corrected chi connectivity index (χ1v) is 5.16. The van der Waals surface area contributed by atoms with Crippen molar-refractivity contribution in [2.24, 2.45) is 0 Å². The van der Waals surface area contributed by atoms with Gasteiger partial charge in [0, 0.05) is 17.1 Å². The van der Waals surface area contributed by atoms with Gasteiger partial charge in [-0.25, -0.2) is 4.39 Å². The zero-order valence-electron chi connectivity index (χ0n) is 8.11. The lowest BCUT2D eigenvalue weighted by Gasteiger charge is -2.20. The summed E-state index contributed by atoms with van der Waals surface area (Å²) in [5, 5.41) is 3.55. The van der Waals surface area contributed by atoms with Crippen molar-refractivity contribution in [2.75, 3.05) is 13.1 Å². The fraction of sp³-hybridized carbons (Fsp3) is 0.455. The first kappa shape index (κ1) is 9.94.